The molecular formula is C23H18BrN5O2S. The number of hydrazone groups is 1. The summed E-state index contributed by atoms with van der Waals surface area (Å²) in [5, 5.41) is 13.2. The number of para-hydroxylation sites is 1. The van der Waals surface area contributed by atoms with E-state index in [9.17, 15) is 4.79 Å². The summed E-state index contributed by atoms with van der Waals surface area (Å²) in [5.74, 6) is 1.31. The van der Waals surface area contributed by atoms with Gasteiger partial charge in [-0.05, 0) is 48.6 Å². The van der Waals surface area contributed by atoms with Crippen molar-refractivity contribution in [2.24, 2.45) is 5.10 Å². The Morgan fingerprint density at radius 1 is 1.09 bits per heavy atom. The van der Waals surface area contributed by atoms with Crippen LogP contribution in [0.25, 0.3) is 23.2 Å². The quantitative estimate of drug-likeness (QED) is 0.201. The summed E-state index contributed by atoms with van der Waals surface area (Å²) in [6.45, 7) is 0. The molecule has 0 bridgehead atoms. The van der Waals surface area contributed by atoms with Crippen molar-refractivity contribution in [3.63, 3.8) is 0 Å². The molecule has 2 aromatic carbocycles. The zero-order valence-corrected chi connectivity index (χ0v) is 19.2. The van der Waals surface area contributed by atoms with Crippen LogP contribution in [0.5, 0.6) is 0 Å². The first-order chi connectivity index (χ1) is 15.7. The summed E-state index contributed by atoms with van der Waals surface area (Å²) < 4.78 is 8.10. The number of halogens is 1. The van der Waals surface area contributed by atoms with Gasteiger partial charge in [-0.1, -0.05) is 58.0 Å². The van der Waals surface area contributed by atoms with Crippen LogP contribution < -0.4 is 5.43 Å². The lowest BCUT2D eigenvalue weighted by Crippen LogP contribution is -2.19. The Morgan fingerprint density at radius 2 is 1.91 bits per heavy atom. The zero-order valence-electron chi connectivity index (χ0n) is 16.8. The van der Waals surface area contributed by atoms with Gasteiger partial charge in [0, 0.05) is 21.9 Å². The predicted molar refractivity (Wildman–Crippen MR) is 130 cm³/mol. The normalized spacial score (nSPS) is 11.4. The van der Waals surface area contributed by atoms with Gasteiger partial charge in [-0.25, -0.2) is 5.43 Å². The summed E-state index contributed by atoms with van der Waals surface area (Å²) in [7, 11) is 0. The Hall–Kier alpha value is -3.43. The minimum absolute atomic E-state index is 0.143. The number of amides is 1. The number of hydrogen-bond acceptors (Lipinski definition) is 6. The molecule has 0 radical (unpaired) electrons. The average Bonchev–Trinajstić information content (AvgIpc) is 3.48. The van der Waals surface area contributed by atoms with Gasteiger partial charge in [0.1, 0.15) is 5.76 Å². The molecule has 160 valence electrons. The van der Waals surface area contributed by atoms with Crippen molar-refractivity contribution < 1.29 is 9.21 Å². The first kappa shape index (κ1) is 21.8. The van der Waals surface area contributed by atoms with Crippen molar-refractivity contribution in [1.29, 1.82) is 0 Å². The summed E-state index contributed by atoms with van der Waals surface area (Å²) in [6, 6.07) is 21.3. The predicted octanol–water partition coefficient (Wildman–Crippen LogP) is 5.20. The lowest BCUT2D eigenvalue weighted by Gasteiger charge is -2.10. The van der Waals surface area contributed by atoms with Crippen LogP contribution in [0.1, 0.15) is 5.76 Å². The number of nitrogens with one attached hydrogen (secondary N) is 1. The highest BCUT2D eigenvalue weighted by atomic mass is 79.9. The maximum atomic E-state index is 12.2. The Labute approximate surface area is 197 Å². The molecule has 0 fully saturated rings. The third-order valence-electron chi connectivity index (χ3n) is 4.24. The number of carbonyl (C=O) groups is 1. The van der Waals surface area contributed by atoms with Crippen LogP contribution in [0.4, 0.5) is 0 Å². The smallest absolute Gasteiger partial charge is 0.250 e. The number of nitrogens with zero attached hydrogens (tertiary/aromatic N) is 4. The van der Waals surface area contributed by atoms with Crippen LogP contribution in [-0.4, -0.2) is 32.6 Å². The fourth-order valence-corrected chi connectivity index (χ4v) is 3.81. The Balaban J connectivity index is 1.45. The molecule has 0 aliphatic heterocycles. The number of benzene rings is 2. The molecule has 0 spiro atoms. The monoisotopic (exact) mass is 507 g/mol. The topological polar surface area (TPSA) is 85.3 Å². The van der Waals surface area contributed by atoms with Crippen LogP contribution in [0.3, 0.4) is 0 Å². The highest BCUT2D eigenvalue weighted by Gasteiger charge is 2.17. The number of hydrogen-bond donors (Lipinski definition) is 1. The summed E-state index contributed by atoms with van der Waals surface area (Å²) >= 11 is 4.75. The summed E-state index contributed by atoms with van der Waals surface area (Å²) in [5.41, 5.74) is 4.34. The zero-order chi connectivity index (χ0) is 22.2. The fraction of sp³-hybridized carbons (Fsp3) is 0.0435. The maximum Gasteiger partial charge on any atom is 0.250 e. The van der Waals surface area contributed by atoms with Crippen LogP contribution >= 0.6 is 27.7 Å². The largest absolute Gasteiger partial charge is 0.465 e. The molecule has 4 rings (SSSR count). The lowest BCUT2D eigenvalue weighted by molar-refractivity contribution is -0.118. The molecule has 0 atom stereocenters. The number of rotatable bonds is 8. The Bertz CT molecular complexity index is 1220. The van der Waals surface area contributed by atoms with Gasteiger partial charge in [-0.3, -0.25) is 9.36 Å². The van der Waals surface area contributed by atoms with E-state index in [1.807, 2.05) is 65.2 Å². The van der Waals surface area contributed by atoms with Crippen LogP contribution in [-0.2, 0) is 4.79 Å². The van der Waals surface area contributed by atoms with E-state index < -0.39 is 0 Å². The van der Waals surface area contributed by atoms with E-state index in [1.165, 1.54) is 18.0 Å². The van der Waals surface area contributed by atoms with Gasteiger partial charge in [-0.15, -0.1) is 10.2 Å². The summed E-state index contributed by atoms with van der Waals surface area (Å²) in [6.07, 6.45) is 6.51. The fourth-order valence-electron chi connectivity index (χ4n) is 2.80. The molecule has 2 aromatic heterocycles. The van der Waals surface area contributed by atoms with Gasteiger partial charge >= 0.3 is 0 Å². The Kier molecular flexibility index (Phi) is 7.31. The number of aromatic nitrogens is 3. The SMILES string of the molecule is O=C(CSc1nnc(-c2ccc(Br)cc2)n1-c1ccccc1)N/N=C\C=C\c1ccco1. The van der Waals surface area contributed by atoms with E-state index in [-0.39, 0.29) is 11.7 Å². The molecule has 0 unspecified atom stereocenters. The lowest BCUT2D eigenvalue weighted by atomic mass is 10.2. The molecule has 1 amide bonds. The highest BCUT2D eigenvalue weighted by molar-refractivity contribution is 9.10. The summed E-state index contributed by atoms with van der Waals surface area (Å²) in [4.78, 5) is 12.2. The minimum Gasteiger partial charge on any atom is -0.465 e. The van der Waals surface area contributed by atoms with Gasteiger partial charge in [0.2, 0.25) is 0 Å². The van der Waals surface area contributed by atoms with Crippen molar-refractivity contribution >= 4 is 45.9 Å². The van der Waals surface area contributed by atoms with Crippen molar-refractivity contribution in [3.8, 4) is 17.1 Å². The van der Waals surface area contributed by atoms with Crippen LogP contribution in [0.15, 0.2) is 98.2 Å². The van der Waals surface area contributed by atoms with Gasteiger partial charge in [0.05, 0.1) is 12.0 Å². The first-order valence-electron chi connectivity index (χ1n) is 9.62. The molecule has 0 aliphatic rings. The van der Waals surface area contributed by atoms with E-state index >= 15 is 0 Å². The van der Waals surface area contributed by atoms with Crippen molar-refractivity contribution in [2.75, 3.05) is 5.75 Å². The van der Waals surface area contributed by atoms with Gasteiger partial charge in [-0.2, -0.15) is 5.10 Å². The van der Waals surface area contributed by atoms with Gasteiger partial charge in [0.15, 0.2) is 11.0 Å². The second kappa shape index (κ2) is 10.7. The number of thioether (sulfide) groups is 1. The van der Waals surface area contributed by atoms with E-state index in [0.29, 0.717) is 16.7 Å². The van der Waals surface area contributed by atoms with Crippen LogP contribution in [0.2, 0.25) is 0 Å². The number of allylic oxidation sites excluding steroid dienone is 1. The maximum absolute atomic E-state index is 12.2. The first-order valence-corrected chi connectivity index (χ1v) is 11.4. The second-order valence-electron chi connectivity index (χ2n) is 6.46. The van der Waals surface area contributed by atoms with E-state index in [4.69, 9.17) is 4.42 Å². The number of carbonyl (C=O) groups excluding carboxylic acids is 1. The molecule has 0 saturated carbocycles. The van der Waals surface area contributed by atoms with Gasteiger partial charge < -0.3 is 4.42 Å². The van der Waals surface area contributed by atoms with Gasteiger partial charge in [0.25, 0.3) is 5.91 Å². The van der Waals surface area contributed by atoms with E-state index in [1.54, 1.807) is 24.5 Å². The van der Waals surface area contributed by atoms with Crippen molar-refractivity contribution in [1.82, 2.24) is 20.2 Å². The third kappa shape index (κ3) is 5.63. The van der Waals surface area contributed by atoms with E-state index in [2.05, 4.69) is 36.7 Å². The molecule has 1 N–H and O–H groups in total. The van der Waals surface area contributed by atoms with Crippen molar-refractivity contribution in [3.05, 3.63) is 89.3 Å². The number of furan rings is 1. The Morgan fingerprint density at radius 3 is 2.66 bits per heavy atom. The molecule has 9 heteroatoms. The van der Waals surface area contributed by atoms with Crippen LogP contribution in [0, 0.1) is 0 Å². The third-order valence-corrected chi connectivity index (χ3v) is 5.69. The molecular weight excluding hydrogens is 490 g/mol. The standard InChI is InChI=1S/C23H18BrN5O2S/c24-18-12-10-17(11-13-18)22-27-28-23(29(22)19-6-2-1-3-7-19)32-16-21(30)26-25-14-4-8-20-9-5-15-31-20/h1-15H,16H2,(H,26,30)/b8-4+,25-14-. The van der Waals surface area contributed by atoms with Crippen molar-refractivity contribution in [2.45, 2.75) is 5.16 Å². The molecule has 0 aliphatic carbocycles. The molecule has 0 saturated heterocycles. The highest BCUT2D eigenvalue weighted by Crippen LogP contribution is 2.28. The average molecular weight is 508 g/mol. The van der Waals surface area contributed by atoms with E-state index in [0.717, 1.165) is 15.7 Å². The molecule has 2 heterocycles. The molecule has 4 aromatic rings. The molecule has 32 heavy (non-hydrogen) atoms. The minimum atomic E-state index is -0.245. The molecule has 7 nitrogen and oxygen atoms in total. The second-order valence-corrected chi connectivity index (χ2v) is 8.32.